The molecule has 0 aliphatic carbocycles. The number of carbonyl (C=O) groups is 2. The molecule has 0 bridgehead atoms. The normalized spacial score (nSPS) is 11.4. The van der Waals surface area contributed by atoms with Crippen molar-refractivity contribution >= 4 is 23.0 Å². The third-order valence-electron chi connectivity index (χ3n) is 3.47. The number of carbonyl (C=O) groups excluding carboxylic acids is 2. The van der Waals surface area contributed by atoms with Crippen LogP contribution in [0, 0.1) is 5.41 Å². The molecule has 0 unspecified atom stereocenters. The van der Waals surface area contributed by atoms with Crippen LogP contribution in [0.5, 0.6) is 5.75 Å². The van der Waals surface area contributed by atoms with Crippen LogP contribution in [0.15, 0.2) is 60.2 Å². The second-order valence-electron chi connectivity index (χ2n) is 5.08. The molecule has 0 spiro atoms. The standard InChI is InChI=1S/C19H17NO4/c1-12(21)16(18(22)13-6-4-3-5-7-13)17(20)19(23)14-8-10-15(24-2)11-9-14/h3-11,20,22H,1-2H3/b18-16-,20-17?. The average molecular weight is 323 g/mol. The highest BCUT2D eigenvalue weighted by atomic mass is 16.5. The second kappa shape index (κ2) is 7.37. The second-order valence-corrected chi connectivity index (χ2v) is 5.08. The number of aliphatic hydroxyl groups excluding tert-OH is 1. The molecule has 0 atom stereocenters. The lowest BCUT2D eigenvalue weighted by molar-refractivity contribution is -0.113. The van der Waals surface area contributed by atoms with Gasteiger partial charge in [-0.25, -0.2) is 0 Å². The van der Waals surface area contributed by atoms with Gasteiger partial charge in [0.1, 0.15) is 17.2 Å². The monoisotopic (exact) mass is 323 g/mol. The third kappa shape index (κ3) is 3.57. The fraction of sp³-hybridized carbons (Fsp3) is 0.105. The van der Waals surface area contributed by atoms with Crippen LogP contribution in [0.25, 0.3) is 5.76 Å². The lowest BCUT2D eigenvalue weighted by atomic mass is 9.95. The number of nitrogens with one attached hydrogen (secondary N) is 1. The van der Waals surface area contributed by atoms with Crippen LogP contribution in [0.4, 0.5) is 0 Å². The summed E-state index contributed by atoms with van der Waals surface area (Å²) in [6.07, 6.45) is 0. The van der Waals surface area contributed by atoms with Gasteiger partial charge in [0.25, 0.3) is 0 Å². The molecule has 0 aliphatic heterocycles. The SMILES string of the molecule is COc1ccc(C(=O)C(=N)/C(C(C)=O)=C(\O)c2ccccc2)cc1. The highest BCUT2D eigenvalue weighted by Gasteiger charge is 2.24. The molecular formula is C19H17NO4. The minimum Gasteiger partial charge on any atom is -0.506 e. The van der Waals surface area contributed by atoms with Crippen molar-refractivity contribution in [3.63, 3.8) is 0 Å². The maximum Gasteiger partial charge on any atom is 0.211 e. The Morgan fingerprint density at radius 3 is 2.04 bits per heavy atom. The number of Topliss-reactive ketones (excluding diaryl/α,β-unsaturated/α-hetero) is 2. The molecule has 5 nitrogen and oxygen atoms in total. The topological polar surface area (TPSA) is 87.5 Å². The van der Waals surface area contributed by atoms with Gasteiger partial charge in [0.05, 0.1) is 12.7 Å². The number of hydrogen-bond acceptors (Lipinski definition) is 5. The highest BCUT2D eigenvalue weighted by Crippen LogP contribution is 2.20. The Morgan fingerprint density at radius 1 is 0.958 bits per heavy atom. The number of rotatable bonds is 6. The van der Waals surface area contributed by atoms with Gasteiger partial charge in [-0.05, 0) is 31.2 Å². The molecule has 0 saturated heterocycles. The van der Waals surface area contributed by atoms with Gasteiger partial charge in [-0.15, -0.1) is 0 Å². The van der Waals surface area contributed by atoms with E-state index >= 15 is 0 Å². The zero-order valence-corrected chi connectivity index (χ0v) is 13.4. The highest BCUT2D eigenvalue weighted by molar-refractivity contribution is 6.56. The molecule has 5 heteroatoms. The average Bonchev–Trinajstić information content (AvgIpc) is 2.61. The van der Waals surface area contributed by atoms with Crippen LogP contribution >= 0.6 is 0 Å². The summed E-state index contributed by atoms with van der Waals surface area (Å²) in [5, 5.41) is 18.4. The van der Waals surface area contributed by atoms with Gasteiger partial charge < -0.3 is 9.84 Å². The first kappa shape index (κ1) is 17.1. The van der Waals surface area contributed by atoms with Crippen molar-refractivity contribution in [3.05, 3.63) is 71.3 Å². The summed E-state index contributed by atoms with van der Waals surface area (Å²) < 4.78 is 5.02. The molecule has 0 radical (unpaired) electrons. The molecule has 0 aliphatic rings. The van der Waals surface area contributed by atoms with E-state index < -0.39 is 17.3 Å². The maximum atomic E-state index is 12.5. The maximum absolute atomic E-state index is 12.5. The van der Waals surface area contributed by atoms with E-state index in [-0.39, 0.29) is 16.9 Å². The zero-order valence-electron chi connectivity index (χ0n) is 13.4. The van der Waals surface area contributed by atoms with E-state index in [1.54, 1.807) is 42.5 Å². The molecule has 0 amide bonds. The van der Waals surface area contributed by atoms with Gasteiger partial charge in [-0.3, -0.25) is 15.0 Å². The Kier molecular flexibility index (Phi) is 5.27. The lowest BCUT2D eigenvalue weighted by Gasteiger charge is -2.10. The number of benzene rings is 2. The summed E-state index contributed by atoms with van der Waals surface area (Å²) in [6.45, 7) is 1.21. The van der Waals surface area contributed by atoms with Crippen LogP contribution in [0.1, 0.15) is 22.8 Å². The molecule has 24 heavy (non-hydrogen) atoms. The van der Waals surface area contributed by atoms with Crippen LogP contribution in [-0.4, -0.2) is 29.5 Å². The molecule has 2 rings (SSSR count). The van der Waals surface area contributed by atoms with Crippen molar-refractivity contribution in [1.29, 1.82) is 5.41 Å². The Labute approximate surface area is 139 Å². The van der Waals surface area contributed by atoms with Crippen molar-refractivity contribution in [1.82, 2.24) is 0 Å². The summed E-state index contributed by atoms with van der Waals surface area (Å²) in [4.78, 5) is 24.4. The largest absolute Gasteiger partial charge is 0.506 e. The van der Waals surface area contributed by atoms with E-state index in [1.165, 1.54) is 26.2 Å². The Bertz CT molecular complexity index is 805. The molecule has 0 saturated carbocycles. The van der Waals surface area contributed by atoms with Gasteiger partial charge in [-0.2, -0.15) is 0 Å². The number of aliphatic hydroxyl groups is 1. The molecular weight excluding hydrogens is 306 g/mol. The molecule has 0 fully saturated rings. The van der Waals surface area contributed by atoms with Crippen LogP contribution in [-0.2, 0) is 4.79 Å². The summed E-state index contributed by atoms with van der Waals surface area (Å²) in [7, 11) is 1.51. The number of ether oxygens (including phenoxy) is 1. The Hall–Kier alpha value is -3.21. The summed E-state index contributed by atoms with van der Waals surface area (Å²) in [5.41, 5.74) is -0.244. The van der Waals surface area contributed by atoms with Gasteiger partial charge in [-0.1, -0.05) is 30.3 Å². The molecule has 122 valence electrons. The number of ketones is 2. The zero-order chi connectivity index (χ0) is 17.7. The first-order valence-corrected chi connectivity index (χ1v) is 7.23. The van der Waals surface area contributed by atoms with Crippen molar-refractivity contribution in [2.45, 2.75) is 6.92 Å². The first-order valence-electron chi connectivity index (χ1n) is 7.23. The molecule has 2 N–H and O–H groups in total. The van der Waals surface area contributed by atoms with Crippen LogP contribution in [0.3, 0.4) is 0 Å². The van der Waals surface area contributed by atoms with E-state index in [0.29, 0.717) is 11.3 Å². The first-order chi connectivity index (χ1) is 11.5. The molecule has 0 heterocycles. The van der Waals surface area contributed by atoms with E-state index in [2.05, 4.69) is 0 Å². The Balaban J connectivity index is 2.42. The van der Waals surface area contributed by atoms with Crippen molar-refractivity contribution in [2.24, 2.45) is 0 Å². The smallest absolute Gasteiger partial charge is 0.211 e. The van der Waals surface area contributed by atoms with E-state index in [4.69, 9.17) is 10.1 Å². The predicted octanol–water partition coefficient (Wildman–Crippen LogP) is 3.46. The van der Waals surface area contributed by atoms with E-state index in [0.717, 1.165) is 0 Å². The van der Waals surface area contributed by atoms with Crippen molar-refractivity contribution in [2.75, 3.05) is 7.11 Å². The summed E-state index contributed by atoms with van der Waals surface area (Å²) in [6, 6.07) is 14.5. The van der Waals surface area contributed by atoms with E-state index in [1.807, 2.05) is 0 Å². The fourth-order valence-electron chi connectivity index (χ4n) is 2.20. The van der Waals surface area contributed by atoms with Gasteiger partial charge in [0.15, 0.2) is 5.78 Å². The predicted molar refractivity (Wildman–Crippen MR) is 91.7 cm³/mol. The van der Waals surface area contributed by atoms with Crippen LogP contribution < -0.4 is 4.74 Å². The van der Waals surface area contributed by atoms with Crippen LogP contribution in [0.2, 0.25) is 0 Å². The van der Waals surface area contributed by atoms with Gasteiger partial charge in [0.2, 0.25) is 5.78 Å². The minimum atomic E-state index is -0.648. The number of methoxy groups -OCH3 is 1. The van der Waals surface area contributed by atoms with E-state index in [9.17, 15) is 14.7 Å². The fourth-order valence-corrected chi connectivity index (χ4v) is 2.20. The molecule has 0 aromatic heterocycles. The number of hydrogen-bond donors (Lipinski definition) is 2. The minimum absolute atomic E-state index is 0.236. The number of allylic oxidation sites excluding steroid dienone is 1. The van der Waals surface area contributed by atoms with Gasteiger partial charge >= 0.3 is 0 Å². The summed E-state index contributed by atoms with van der Waals surface area (Å²) >= 11 is 0. The Morgan fingerprint density at radius 2 is 1.54 bits per heavy atom. The van der Waals surface area contributed by atoms with Crippen molar-refractivity contribution < 1.29 is 19.4 Å². The van der Waals surface area contributed by atoms with Crippen molar-refractivity contribution in [3.8, 4) is 5.75 Å². The molecule has 2 aromatic carbocycles. The lowest BCUT2D eigenvalue weighted by Crippen LogP contribution is -2.21. The molecule has 2 aromatic rings. The summed E-state index contributed by atoms with van der Waals surface area (Å²) in [5.74, 6) is -1.00. The van der Waals surface area contributed by atoms with Gasteiger partial charge in [0, 0.05) is 11.1 Å². The third-order valence-corrected chi connectivity index (χ3v) is 3.47. The quantitative estimate of drug-likeness (QED) is 0.369.